The second-order valence-electron chi connectivity index (χ2n) is 2.97. The SMILES string of the molecule is N#CC1=C(O)c2ccccc2NC1O. The van der Waals surface area contributed by atoms with Crippen LogP contribution in [0, 0.1) is 11.3 Å². The fraction of sp³-hybridized carbons (Fsp3) is 0.100. The zero-order valence-electron chi connectivity index (χ0n) is 7.23. The quantitative estimate of drug-likeness (QED) is 0.572. The number of aliphatic hydroxyl groups excluding tert-OH is 2. The van der Waals surface area contributed by atoms with Crippen molar-refractivity contribution in [1.29, 1.82) is 5.26 Å². The molecule has 0 aromatic heterocycles. The Morgan fingerprint density at radius 2 is 2.07 bits per heavy atom. The van der Waals surface area contributed by atoms with Crippen LogP contribution in [-0.2, 0) is 0 Å². The monoisotopic (exact) mass is 188 g/mol. The number of hydrogen-bond acceptors (Lipinski definition) is 4. The molecule has 1 aliphatic heterocycles. The minimum Gasteiger partial charge on any atom is -0.506 e. The molecule has 0 saturated heterocycles. The maximum atomic E-state index is 9.65. The molecule has 3 N–H and O–H groups in total. The maximum Gasteiger partial charge on any atom is 0.164 e. The molecule has 0 amide bonds. The molecule has 1 aromatic rings. The largest absolute Gasteiger partial charge is 0.506 e. The Labute approximate surface area is 80.7 Å². The first kappa shape index (κ1) is 8.60. The summed E-state index contributed by atoms with van der Waals surface area (Å²) in [5.41, 5.74) is 1.11. The average molecular weight is 188 g/mol. The molecular weight excluding hydrogens is 180 g/mol. The molecule has 1 aromatic carbocycles. The summed E-state index contributed by atoms with van der Waals surface area (Å²) in [6, 6.07) is 8.70. The van der Waals surface area contributed by atoms with E-state index in [2.05, 4.69) is 5.32 Å². The number of aliphatic hydroxyl groups is 2. The number of hydrogen-bond donors (Lipinski definition) is 3. The van der Waals surface area contributed by atoms with Gasteiger partial charge in [0, 0.05) is 11.3 Å². The highest BCUT2D eigenvalue weighted by atomic mass is 16.3. The van der Waals surface area contributed by atoms with Gasteiger partial charge in [0.25, 0.3) is 0 Å². The van der Waals surface area contributed by atoms with Crippen molar-refractivity contribution >= 4 is 11.4 Å². The summed E-state index contributed by atoms with van der Waals surface area (Å²) in [6.07, 6.45) is -1.13. The molecule has 2 rings (SSSR count). The van der Waals surface area contributed by atoms with Crippen molar-refractivity contribution in [2.75, 3.05) is 5.32 Å². The lowest BCUT2D eigenvalue weighted by atomic mass is 10.0. The third kappa shape index (κ3) is 1.11. The van der Waals surface area contributed by atoms with Crippen LogP contribution in [0.2, 0.25) is 0 Å². The van der Waals surface area contributed by atoms with Crippen molar-refractivity contribution in [2.24, 2.45) is 0 Å². The molecule has 1 unspecified atom stereocenters. The van der Waals surface area contributed by atoms with Gasteiger partial charge >= 0.3 is 0 Å². The summed E-state index contributed by atoms with van der Waals surface area (Å²) < 4.78 is 0. The van der Waals surface area contributed by atoms with E-state index in [9.17, 15) is 10.2 Å². The van der Waals surface area contributed by atoms with Gasteiger partial charge in [-0.25, -0.2) is 0 Å². The van der Waals surface area contributed by atoms with Gasteiger partial charge in [0.15, 0.2) is 6.23 Å². The third-order valence-corrected chi connectivity index (χ3v) is 2.12. The van der Waals surface area contributed by atoms with Gasteiger partial charge in [0.2, 0.25) is 0 Å². The highest BCUT2D eigenvalue weighted by molar-refractivity contribution is 5.79. The van der Waals surface area contributed by atoms with Crippen molar-refractivity contribution in [2.45, 2.75) is 6.23 Å². The Balaban J connectivity index is 2.63. The molecular formula is C10H8N2O2. The van der Waals surface area contributed by atoms with Crippen molar-refractivity contribution in [1.82, 2.24) is 0 Å². The summed E-state index contributed by atoms with van der Waals surface area (Å²) in [4.78, 5) is 0. The van der Waals surface area contributed by atoms with E-state index in [-0.39, 0.29) is 11.3 Å². The van der Waals surface area contributed by atoms with E-state index in [4.69, 9.17) is 5.26 Å². The molecule has 1 aliphatic rings. The molecule has 4 nitrogen and oxygen atoms in total. The maximum absolute atomic E-state index is 9.65. The molecule has 0 fully saturated rings. The van der Waals surface area contributed by atoms with Crippen LogP contribution in [0.3, 0.4) is 0 Å². The van der Waals surface area contributed by atoms with Gasteiger partial charge in [-0.05, 0) is 12.1 Å². The summed E-state index contributed by atoms with van der Waals surface area (Å²) in [7, 11) is 0. The Morgan fingerprint density at radius 1 is 1.36 bits per heavy atom. The summed E-state index contributed by atoms with van der Waals surface area (Å²) in [5, 5.41) is 30.5. The van der Waals surface area contributed by atoms with Crippen LogP contribution >= 0.6 is 0 Å². The number of para-hydroxylation sites is 1. The molecule has 70 valence electrons. The second-order valence-corrected chi connectivity index (χ2v) is 2.97. The Kier molecular flexibility index (Phi) is 1.88. The number of anilines is 1. The van der Waals surface area contributed by atoms with Crippen LogP contribution < -0.4 is 5.32 Å². The Hall–Kier alpha value is -1.99. The second kappa shape index (κ2) is 3.05. The highest BCUT2D eigenvalue weighted by Crippen LogP contribution is 2.30. The van der Waals surface area contributed by atoms with Gasteiger partial charge in [0.05, 0.1) is 0 Å². The standard InChI is InChI=1S/C10H8N2O2/c11-5-7-9(13)6-3-1-2-4-8(6)12-10(7)14/h1-4,10,12-14H. The van der Waals surface area contributed by atoms with Crippen LogP contribution in [0.5, 0.6) is 0 Å². The van der Waals surface area contributed by atoms with E-state index in [0.29, 0.717) is 11.3 Å². The van der Waals surface area contributed by atoms with E-state index in [1.165, 1.54) is 0 Å². The van der Waals surface area contributed by atoms with Gasteiger partial charge in [-0.3, -0.25) is 0 Å². The van der Waals surface area contributed by atoms with Gasteiger partial charge in [-0.1, -0.05) is 12.1 Å². The van der Waals surface area contributed by atoms with Crippen molar-refractivity contribution in [3.05, 3.63) is 35.4 Å². The molecule has 0 aliphatic carbocycles. The van der Waals surface area contributed by atoms with Gasteiger partial charge in [-0.15, -0.1) is 0 Å². The normalized spacial score (nSPS) is 19.6. The highest BCUT2D eigenvalue weighted by Gasteiger charge is 2.24. The number of nitrogens with one attached hydrogen (secondary N) is 1. The van der Waals surface area contributed by atoms with Crippen LogP contribution in [0.25, 0.3) is 5.76 Å². The summed E-state index contributed by atoms with van der Waals surface area (Å²) >= 11 is 0. The van der Waals surface area contributed by atoms with Crippen molar-refractivity contribution in [3.63, 3.8) is 0 Å². The Morgan fingerprint density at radius 3 is 2.79 bits per heavy atom. The molecule has 0 bridgehead atoms. The topological polar surface area (TPSA) is 76.3 Å². The predicted molar refractivity (Wildman–Crippen MR) is 51.2 cm³/mol. The van der Waals surface area contributed by atoms with Crippen LogP contribution in [0.15, 0.2) is 29.8 Å². The zero-order valence-corrected chi connectivity index (χ0v) is 7.23. The van der Waals surface area contributed by atoms with Gasteiger partial charge in [0.1, 0.15) is 17.4 Å². The Bertz CT molecular complexity index is 446. The zero-order chi connectivity index (χ0) is 10.1. The van der Waals surface area contributed by atoms with Crippen LogP contribution in [-0.4, -0.2) is 16.4 Å². The lowest BCUT2D eigenvalue weighted by Gasteiger charge is -2.22. The fourth-order valence-electron chi connectivity index (χ4n) is 1.42. The van der Waals surface area contributed by atoms with Crippen molar-refractivity contribution < 1.29 is 10.2 Å². The molecule has 1 heterocycles. The van der Waals surface area contributed by atoms with E-state index in [0.717, 1.165) is 0 Å². The smallest absolute Gasteiger partial charge is 0.164 e. The molecule has 4 heteroatoms. The minimum atomic E-state index is -1.13. The molecule has 0 spiro atoms. The van der Waals surface area contributed by atoms with Crippen LogP contribution in [0.4, 0.5) is 5.69 Å². The molecule has 0 radical (unpaired) electrons. The van der Waals surface area contributed by atoms with E-state index in [1.54, 1.807) is 30.3 Å². The predicted octanol–water partition coefficient (Wildman–Crippen LogP) is 1.22. The third-order valence-electron chi connectivity index (χ3n) is 2.12. The van der Waals surface area contributed by atoms with E-state index < -0.39 is 6.23 Å². The number of nitrogens with zero attached hydrogens (tertiary/aromatic N) is 1. The van der Waals surface area contributed by atoms with Crippen LogP contribution in [0.1, 0.15) is 5.56 Å². The molecule has 14 heavy (non-hydrogen) atoms. The average Bonchev–Trinajstić information content (AvgIpc) is 2.18. The number of nitriles is 1. The number of rotatable bonds is 0. The summed E-state index contributed by atoms with van der Waals surface area (Å²) in [6.45, 7) is 0. The molecule has 0 saturated carbocycles. The first-order valence-corrected chi connectivity index (χ1v) is 4.11. The first-order chi connectivity index (χ1) is 6.74. The minimum absolute atomic E-state index is 0.0521. The van der Waals surface area contributed by atoms with E-state index in [1.807, 2.05) is 0 Å². The molecule has 1 atom stereocenters. The van der Waals surface area contributed by atoms with E-state index >= 15 is 0 Å². The van der Waals surface area contributed by atoms with Crippen molar-refractivity contribution in [3.8, 4) is 6.07 Å². The summed E-state index contributed by atoms with van der Waals surface area (Å²) in [5.74, 6) is -0.158. The number of fused-ring (bicyclic) bond motifs is 1. The number of benzene rings is 1. The lowest BCUT2D eigenvalue weighted by molar-refractivity contribution is 0.240. The fourth-order valence-corrected chi connectivity index (χ4v) is 1.42. The first-order valence-electron chi connectivity index (χ1n) is 4.11. The lowest BCUT2D eigenvalue weighted by Crippen LogP contribution is -2.26. The van der Waals surface area contributed by atoms with Gasteiger partial charge in [-0.2, -0.15) is 5.26 Å². The van der Waals surface area contributed by atoms with Gasteiger partial charge < -0.3 is 15.5 Å².